The molecule has 17 heavy (non-hydrogen) atoms. The molecule has 0 atom stereocenters. The maximum atomic E-state index is 5.52. The van der Waals surface area contributed by atoms with Crippen LogP contribution in [-0.4, -0.2) is 30.1 Å². The summed E-state index contributed by atoms with van der Waals surface area (Å²) in [6, 6.07) is 3.97. The van der Waals surface area contributed by atoms with E-state index < -0.39 is 0 Å². The molecule has 0 amide bonds. The normalized spacial score (nSPS) is 10.5. The van der Waals surface area contributed by atoms with Gasteiger partial charge in [0.15, 0.2) is 0 Å². The number of thiophene rings is 1. The van der Waals surface area contributed by atoms with E-state index in [-0.39, 0.29) is 0 Å². The predicted molar refractivity (Wildman–Crippen MR) is 75.4 cm³/mol. The number of aromatic nitrogens is 2. The van der Waals surface area contributed by atoms with E-state index in [1.165, 1.54) is 0 Å². The van der Waals surface area contributed by atoms with Crippen LogP contribution in [0.5, 0.6) is 0 Å². The molecule has 0 aliphatic carbocycles. The summed E-state index contributed by atoms with van der Waals surface area (Å²) in [6.07, 6.45) is 1.78. The lowest BCUT2D eigenvalue weighted by Crippen LogP contribution is -2.26. The summed E-state index contributed by atoms with van der Waals surface area (Å²) in [7, 11) is 1.94. The van der Waals surface area contributed by atoms with Crippen molar-refractivity contribution in [3.63, 3.8) is 0 Å². The van der Waals surface area contributed by atoms with E-state index in [9.17, 15) is 0 Å². The van der Waals surface area contributed by atoms with Crippen molar-refractivity contribution in [3.8, 4) is 10.6 Å². The van der Waals surface area contributed by atoms with Crippen molar-refractivity contribution in [3.05, 3.63) is 28.2 Å². The Hall–Kier alpha value is -0.980. The average molecular weight is 313 g/mol. The Balaban J connectivity index is 2.28. The first-order valence-corrected chi connectivity index (χ1v) is 6.86. The molecule has 2 aromatic heterocycles. The van der Waals surface area contributed by atoms with Gasteiger partial charge >= 0.3 is 0 Å². The molecule has 0 bridgehead atoms. The van der Waals surface area contributed by atoms with Gasteiger partial charge in [0.25, 0.3) is 0 Å². The van der Waals surface area contributed by atoms with Crippen LogP contribution in [-0.2, 0) is 0 Å². The van der Waals surface area contributed by atoms with E-state index in [0.717, 1.165) is 21.6 Å². The van der Waals surface area contributed by atoms with Crippen molar-refractivity contribution >= 4 is 33.2 Å². The van der Waals surface area contributed by atoms with Crippen molar-refractivity contribution in [1.82, 2.24) is 9.97 Å². The highest BCUT2D eigenvalue weighted by Crippen LogP contribution is 2.28. The van der Waals surface area contributed by atoms with Crippen LogP contribution in [0.2, 0.25) is 0 Å². The van der Waals surface area contributed by atoms with Crippen molar-refractivity contribution in [2.45, 2.75) is 0 Å². The highest BCUT2D eigenvalue weighted by atomic mass is 79.9. The molecule has 90 valence electrons. The standard InChI is InChI=1S/C11H13BrN4S/c1-16(5-3-13)11-14-4-2-9(15-11)10-6-8(12)7-17-10/h2,4,6-7H,3,5,13H2,1H3. The van der Waals surface area contributed by atoms with Gasteiger partial charge < -0.3 is 10.6 Å². The minimum Gasteiger partial charge on any atom is -0.343 e. The second-order valence-electron chi connectivity index (χ2n) is 3.58. The molecule has 0 fully saturated rings. The Morgan fingerprint density at radius 1 is 1.53 bits per heavy atom. The maximum absolute atomic E-state index is 5.52. The van der Waals surface area contributed by atoms with Gasteiger partial charge in [-0.3, -0.25) is 0 Å². The highest BCUT2D eigenvalue weighted by Gasteiger charge is 2.07. The minimum absolute atomic E-state index is 0.592. The van der Waals surface area contributed by atoms with Gasteiger partial charge in [0.1, 0.15) is 0 Å². The SMILES string of the molecule is CN(CCN)c1nccc(-c2cc(Br)cs2)n1. The third-order valence-corrected chi connectivity index (χ3v) is 3.98. The molecule has 2 N–H and O–H groups in total. The first-order chi connectivity index (χ1) is 8.20. The molecule has 2 heterocycles. The molecule has 2 aromatic rings. The summed E-state index contributed by atoms with van der Waals surface area (Å²) in [5.41, 5.74) is 6.46. The van der Waals surface area contributed by atoms with Crippen LogP contribution in [0.1, 0.15) is 0 Å². The average Bonchev–Trinajstić information content (AvgIpc) is 2.76. The zero-order valence-electron chi connectivity index (χ0n) is 9.43. The summed E-state index contributed by atoms with van der Waals surface area (Å²) < 4.78 is 1.08. The molecule has 0 unspecified atom stereocenters. The van der Waals surface area contributed by atoms with E-state index >= 15 is 0 Å². The van der Waals surface area contributed by atoms with E-state index in [1.807, 2.05) is 23.4 Å². The topological polar surface area (TPSA) is 55.0 Å². The Morgan fingerprint density at radius 3 is 3.00 bits per heavy atom. The Kier molecular flexibility index (Phi) is 4.09. The number of halogens is 1. The molecule has 0 aliphatic heterocycles. The molecule has 0 radical (unpaired) electrons. The van der Waals surface area contributed by atoms with Crippen molar-refractivity contribution in [2.75, 3.05) is 25.0 Å². The third kappa shape index (κ3) is 3.02. The predicted octanol–water partition coefficient (Wildman–Crippen LogP) is 2.36. The van der Waals surface area contributed by atoms with Crippen molar-refractivity contribution in [2.24, 2.45) is 5.73 Å². The smallest absolute Gasteiger partial charge is 0.225 e. The molecular weight excluding hydrogens is 300 g/mol. The molecular formula is C11H13BrN4S. The summed E-state index contributed by atoms with van der Waals surface area (Å²) in [4.78, 5) is 11.8. The lowest BCUT2D eigenvalue weighted by Gasteiger charge is -2.15. The number of nitrogens with two attached hydrogens (primary N) is 1. The highest BCUT2D eigenvalue weighted by molar-refractivity contribution is 9.10. The fraction of sp³-hybridized carbons (Fsp3) is 0.273. The van der Waals surface area contributed by atoms with Crippen LogP contribution >= 0.6 is 27.3 Å². The van der Waals surface area contributed by atoms with E-state index in [2.05, 4.69) is 32.0 Å². The van der Waals surface area contributed by atoms with Crippen LogP contribution in [0.15, 0.2) is 28.2 Å². The second kappa shape index (κ2) is 5.57. The fourth-order valence-corrected chi connectivity index (χ4v) is 2.81. The molecule has 6 heteroatoms. The zero-order chi connectivity index (χ0) is 12.3. The number of hydrogen-bond donors (Lipinski definition) is 1. The van der Waals surface area contributed by atoms with Gasteiger partial charge in [-0.1, -0.05) is 0 Å². The zero-order valence-corrected chi connectivity index (χ0v) is 11.8. The van der Waals surface area contributed by atoms with Crippen LogP contribution in [0.25, 0.3) is 10.6 Å². The second-order valence-corrected chi connectivity index (χ2v) is 5.41. The van der Waals surface area contributed by atoms with Crippen LogP contribution in [0.4, 0.5) is 5.95 Å². The summed E-state index contributed by atoms with van der Waals surface area (Å²) in [6.45, 7) is 1.34. The van der Waals surface area contributed by atoms with Gasteiger partial charge in [-0.05, 0) is 28.1 Å². The molecule has 2 rings (SSSR count). The lowest BCUT2D eigenvalue weighted by molar-refractivity contribution is 0.847. The Bertz CT molecular complexity index is 500. The third-order valence-electron chi connectivity index (χ3n) is 2.27. The van der Waals surface area contributed by atoms with E-state index in [4.69, 9.17) is 5.73 Å². The molecule has 4 nitrogen and oxygen atoms in total. The van der Waals surface area contributed by atoms with E-state index in [0.29, 0.717) is 12.5 Å². The van der Waals surface area contributed by atoms with Gasteiger partial charge in [-0.15, -0.1) is 11.3 Å². The van der Waals surface area contributed by atoms with Gasteiger partial charge in [0.05, 0.1) is 10.6 Å². The minimum atomic E-state index is 0.592. The molecule has 0 saturated carbocycles. The van der Waals surface area contributed by atoms with Gasteiger partial charge in [0, 0.05) is 36.2 Å². The summed E-state index contributed by atoms with van der Waals surface area (Å²) in [5, 5.41) is 2.04. The number of anilines is 1. The van der Waals surface area contributed by atoms with Crippen molar-refractivity contribution in [1.29, 1.82) is 0 Å². The monoisotopic (exact) mass is 312 g/mol. The largest absolute Gasteiger partial charge is 0.343 e. The summed E-state index contributed by atoms with van der Waals surface area (Å²) in [5.74, 6) is 0.706. The molecule has 0 aromatic carbocycles. The Morgan fingerprint density at radius 2 is 2.35 bits per heavy atom. The van der Waals surface area contributed by atoms with E-state index in [1.54, 1.807) is 17.5 Å². The van der Waals surface area contributed by atoms with Gasteiger partial charge in [-0.25, -0.2) is 9.97 Å². The van der Waals surface area contributed by atoms with Crippen LogP contribution in [0, 0.1) is 0 Å². The first kappa shape index (κ1) is 12.5. The maximum Gasteiger partial charge on any atom is 0.225 e. The molecule has 0 saturated heterocycles. The quantitative estimate of drug-likeness (QED) is 0.941. The number of likely N-dealkylation sites (N-methyl/N-ethyl adjacent to an activating group) is 1. The van der Waals surface area contributed by atoms with Crippen LogP contribution in [0.3, 0.4) is 0 Å². The van der Waals surface area contributed by atoms with Gasteiger partial charge in [0.2, 0.25) is 5.95 Å². The fourth-order valence-electron chi connectivity index (χ4n) is 1.41. The molecule has 0 aliphatic rings. The van der Waals surface area contributed by atoms with Crippen LogP contribution < -0.4 is 10.6 Å². The summed E-state index contributed by atoms with van der Waals surface area (Å²) >= 11 is 5.10. The number of rotatable bonds is 4. The number of nitrogens with zero attached hydrogens (tertiary/aromatic N) is 3. The van der Waals surface area contributed by atoms with Gasteiger partial charge in [-0.2, -0.15) is 0 Å². The number of hydrogen-bond acceptors (Lipinski definition) is 5. The first-order valence-electron chi connectivity index (χ1n) is 5.19. The van der Waals surface area contributed by atoms with Crippen molar-refractivity contribution < 1.29 is 0 Å². The lowest BCUT2D eigenvalue weighted by atomic mass is 10.3. The Labute approximate surface area is 113 Å². The molecule has 0 spiro atoms.